The zero-order valence-electron chi connectivity index (χ0n) is 9.02. The van der Waals surface area contributed by atoms with Crippen LogP contribution in [0.1, 0.15) is 13.3 Å². The van der Waals surface area contributed by atoms with Crippen LogP contribution in [0.25, 0.3) is 0 Å². The summed E-state index contributed by atoms with van der Waals surface area (Å²) < 4.78 is 0. The maximum absolute atomic E-state index is 10.6. The monoisotopic (exact) mass is 207 g/mol. The van der Waals surface area contributed by atoms with Gasteiger partial charge in [-0.2, -0.15) is 5.10 Å². The number of carbonyl (C=O) groups excluding carboxylic acids is 1. The molecule has 0 rings (SSSR count). The van der Waals surface area contributed by atoms with Crippen molar-refractivity contribution < 1.29 is 4.79 Å². The number of hydrazone groups is 1. The summed E-state index contributed by atoms with van der Waals surface area (Å²) in [6.45, 7) is 9.34. The summed E-state index contributed by atoms with van der Waals surface area (Å²) in [5, 5.41) is 5.32. The van der Waals surface area contributed by atoms with Crippen LogP contribution >= 0.6 is 0 Å². The average Bonchev–Trinajstić information content (AvgIpc) is 2.20. The van der Waals surface area contributed by atoms with Crippen LogP contribution in [-0.2, 0) is 4.79 Å². The predicted octanol–water partition coefficient (Wildman–Crippen LogP) is 1.43. The molecule has 4 nitrogen and oxygen atoms in total. The van der Waals surface area contributed by atoms with Crippen molar-refractivity contribution in [1.29, 1.82) is 0 Å². The first-order valence-electron chi connectivity index (χ1n) is 4.59. The zero-order chi connectivity index (χ0) is 11.7. The van der Waals surface area contributed by atoms with Gasteiger partial charge in [-0.05, 0) is 12.5 Å². The van der Waals surface area contributed by atoms with Crippen LogP contribution in [0.4, 0.5) is 0 Å². The highest BCUT2D eigenvalue weighted by Crippen LogP contribution is 2.01. The van der Waals surface area contributed by atoms with Gasteiger partial charge in [-0.25, -0.2) is 0 Å². The van der Waals surface area contributed by atoms with Gasteiger partial charge in [0.05, 0.1) is 0 Å². The second-order valence-corrected chi connectivity index (χ2v) is 2.99. The molecule has 2 N–H and O–H groups in total. The molecule has 0 aliphatic rings. The number of rotatable bonds is 7. The minimum absolute atomic E-state index is 0.258. The fourth-order valence-electron chi connectivity index (χ4n) is 0.899. The lowest BCUT2D eigenvalue weighted by molar-refractivity contribution is -0.118. The molecule has 0 saturated carbocycles. The molecule has 0 fully saturated rings. The Hall–Kier alpha value is -1.84. The Kier molecular flexibility index (Phi) is 6.63. The van der Waals surface area contributed by atoms with Crippen molar-refractivity contribution in [3.63, 3.8) is 0 Å². The first-order valence-corrected chi connectivity index (χ1v) is 4.59. The third-order valence-corrected chi connectivity index (χ3v) is 1.62. The minimum atomic E-state index is -0.351. The number of hydrogen-bond donors (Lipinski definition) is 1. The summed E-state index contributed by atoms with van der Waals surface area (Å²) in [7, 11) is 0. The Balaban J connectivity index is 4.29. The van der Waals surface area contributed by atoms with Gasteiger partial charge in [0.1, 0.15) is 0 Å². The topological polar surface area (TPSA) is 58.7 Å². The van der Waals surface area contributed by atoms with E-state index in [9.17, 15) is 4.79 Å². The summed E-state index contributed by atoms with van der Waals surface area (Å²) in [5.74, 6) is -0.351. The molecule has 0 bridgehead atoms. The first kappa shape index (κ1) is 13.2. The molecular formula is C11H17N3O. The van der Waals surface area contributed by atoms with Crippen LogP contribution in [0.15, 0.2) is 41.7 Å². The Morgan fingerprint density at radius 3 is 2.73 bits per heavy atom. The maximum Gasteiger partial charge on any atom is 0.219 e. The highest BCUT2D eigenvalue weighted by atomic mass is 16.1. The van der Waals surface area contributed by atoms with E-state index in [4.69, 9.17) is 5.73 Å². The van der Waals surface area contributed by atoms with E-state index in [-0.39, 0.29) is 12.3 Å². The number of carbonyl (C=O) groups is 1. The van der Waals surface area contributed by atoms with Crippen molar-refractivity contribution in [2.45, 2.75) is 13.3 Å². The molecule has 0 aromatic rings. The Morgan fingerprint density at radius 1 is 1.60 bits per heavy atom. The molecule has 0 spiro atoms. The number of allylic oxidation sites excluding steroid dienone is 4. The van der Waals surface area contributed by atoms with E-state index in [1.54, 1.807) is 17.3 Å². The van der Waals surface area contributed by atoms with Crippen molar-refractivity contribution in [3.05, 3.63) is 36.6 Å². The Morgan fingerprint density at radius 2 is 2.27 bits per heavy atom. The highest BCUT2D eigenvalue weighted by Gasteiger charge is 1.99. The van der Waals surface area contributed by atoms with Crippen LogP contribution in [0.2, 0.25) is 0 Å². The van der Waals surface area contributed by atoms with Gasteiger partial charge >= 0.3 is 0 Å². The number of primary amides is 1. The standard InChI is InChI=1S/C11H17N3O/c1-4-5-6-10(2)9-14(13-3)8-7-11(12)15/h4-6,9H,1,3,7-8H2,2H3,(H2,12,15). The third kappa shape index (κ3) is 7.25. The molecule has 1 amide bonds. The van der Waals surface area contributed by atoms with Crippen LogP contribution in [0.5, 0.6) is 0 Å². The van der Waals surface area contributed by atoms with Crippen molar-refractivity contribution in [3.8, 4) is 0 Å². The van der Waals surface area contributed by atoms with Gasteiger partial charge in [0.2, 0.25) is 5.91 Å². The van der Waals surface area contributed by atoms with E-state index < -0.39 is 0 Å². The van der Waals surface area contributed by atoms with Crippen molar-refractivity contribution >= 4 is 12.6 Å². The van der Waals surface area contributed by atoms with E-state index in [1.807, 2.05) is 19.1 Å². The number of hydrogen-bond acceptors (Lipinski definition) is 3. The molecule has 0 aliphatic heterocycles. The molecule has 0 unspecified atom stereocenters. The number of nitrogens with two attached hydrogens (primary N) is 1. The number of amides is 1. The molecule has 15 heavy (non-hydrogen) atoms. The lowest BCUT2D eigenvalue weighted by atomic mass is 10.3. The van der Waals surface area contributed by atoms with E-state index in [0.29, 0.717) is 6.54 Å². The fourth-order valence-corrected chi connectivity index (χ4v) is 0.899. The fraction of sp³-hybridized carbons (Fsp3) is 0.273. The summed E-state index contributed by atoms with van der Waals surface area (Å²) in [6, 6.07) is 0. The van der Waals surface area contributed by atoms with Gasteiger partial charge in [-0.15, -0.1) is 0 Å². The van der Waals surface area contributed by atoms with Crippen LogP contribution in [-0.4, -0.2) is 24.2 Å². The number of nitrogens with zero attached hydrogens (tertiary/aromatic N) is 2. The zero-order valence-corrected chi connectivity index (χ0v) is 9.02. The summed E-state index contributed by atoms with van der Waals surface area (Å²) >= 11 is 0. The predicted molar refractivity (Wildman–Crippen MR) is 63.2 cm³/mol. The molecule has 0 heterocycles. The van der Waals surface area contributed by atoms with Crippen LogP contribution in [0.3, 0.4) is 0 Å². The van der Waals surface area contributed by atoms with Gasteiger partial charge in [-0.3, -0.25) is 9.80 Å². The van der Waals surface area contributed by atoms with Crippen LogP contribution in [0, 0.1) is 0 Å². The Bertz CT molecular complexity index is 292. The van der Waals surface area contributed by atoms with Gasteiger partial charge < -0.3 is 5.73 Å². The minimum Gasteiger partial charge on any atom is -0.370 e. The van der Waals surface area contributed by atoms with E-state index in [1.165, 1.54) is 0 Å². The molecule has 0 atom stereocenters. The average molecular weight is 207 g/mol. The van der Waals surface area contributed by atoms with E-state index >= 15 is 0 Å². The SMILES string of the molecule is C=CC=CC(C)=CN(CCC(N)=O)N=C. The lowest BCUT2D eigenvalue weighted by Gasteiger charge is -2.12. The molecule has 4 heteroatoms. The van der Waals surface area contributed by atoms with Crippen LogP contribution < -0.4 is 5.73 Å². The van der Waals surface area contributed by atoms with Gasteiger partial charge in [0.25, 0.3) is 0 Å². The Labute approximate surface area is 90.4 Å². The van der Waals surface area contributed by atoms with Gasteiger partial charge in [0, 0.05) is 25.9 Å². The highest BCUT2D eigenvalue weighted by molar-refractivity contribution is 5.73. The first-order chi connectivity index (χ1) is 7.10. The van der Waals surface area contributed by atoms with Gasteiger partial charge in [0.15, 0.2) is 0 Å². The quantitative estimate of drug-likeness (QED) is 0.390. The molecule has 0 aromatic heterocycles. The van der Waals surface area contributed by atoms with Gasteiger partial charge in [-0.1, -0.05) is 24.8 Å². The smallest absolute Gasteiger partial charge is 0.219 e. The van der Waals surface area contributed by atoms with Crippen molar-refractivity contribution in [2.75, 3.05) is 6.54 Å². The second kappa shape index (κ2) is 7.55. The maximum atomic E-state index is 10.6. The molecule has 0 aliphatic carbocycles. The molecule has 82 valence electrons. The van der Waals surface area contributed by atoms with Crippen molar-refractivity contribution in [2.24, 2.45) is 10.8 Å². The normalized spacial score (nSPS) is 11.4. The second-order valence-electron chi connectivity index (χ2n) is 2.99. The van der Waals surface area contributed by atoms with Crippen molar-refractivity contribution in [1.82, 2.24) is 5.01 Å². The third-order valence-electron chi connectivity index (χ3n) is 1.62. The molecule has 0 aromatic carbocycles. The van der Waals surface area contributed by atoms with E-state index in [2.05, 4.69) is 18.4 Å². The summed E-state index contributed by atoms with van der Waals surface area (Å²) in [6.07, 6.45) is 7.44. The largest absolute Gasteiger partial charge is 0.370 e. The molecule has 0 saturated heterocycles. The summed E-state index contributed by atoms with van der Waals surface area (Å²) in [4.78, 5) is 10.6. The van der Waals surface area contributed by atoms with E-state index in [0.717, 1.165) is 5.57 Å². The lowest BCUT2D eigenvalue weighted by Crippen LogP contribution is -2.19. The summed E-state index contributed by atoms with van der Waals surface area (Å²) in [5.41, 5.74) is 6.02. The molecular weight excluding hydrogens is 190 g/mol. The molecule has 0 radical (unpaired) electrons.